The van der Waals surface area contributed by atoms with Gasteiger partial charge >= 0.3 is 5.97 Å². The summed E-state index contributed by atoms with van der Waals surface area (Å²) in [6.07, 6.45) is 0. The number of aromatic nitrogens is 1. The first-order valence-corrected chi connectivity index (χ1v) is 5.78. The van der Waals surface area contributed by atoms with Crippen molar-refractivity contribution in [3.63, 3.8) is 0 Å². The van der Waals surface area contributed by atoms with Crippen molar-refractivity contribution >= 4 is 28.5 Å². The zero-order chi connectivity index (χ0) is 12.9. The quantitative estimate of drug-likeness (QED) is 0.861. The Balaban J connectivity index is 2.35. The smallest absolute Gasteiger partial charge is 0.352 e. The average molecular weight is 268 g/mol. The topological polar surface area (TPSA) is 60.7 Å². The summed E-state index contributed by atoms with van der Waals surface area (Å²) in [5.41, 5.74) is 0.885. The van der Waals surface area contributed by atoms with E-state index in [0.29, 0.717) is 40.6 Å². The van der Waals surface area contributed by atoms with Crippen molar-refractivity contribution in [1.29, 1.82) is 0 Å². The van der Waals surface area contributed by atoms with Gasteiger partial charge in [0.15, 0.2) is 11.5 Å². The highest BCUT2D eigenvalue weighted by Crippen LogP contribution is 2.43. The molecule has 1 N–H and O–H groups in total. The third kappa shape index (κ3) is 1.44. The van der Waals surface area contributed by atoms with E-state index in [1.807, 2.05) is 0 Å². The fraction of sp³-hybridized carbons (Fsp3) is 0.250. The Hall–Kier alpha value is -1.88. The Morgan fingerprint density at radius 3 is 2.83 bits per heavy atom. The van der Waals surface area contributed by atoms with Crippen molar-refractivity contribution in [2.45, 2.75) is 0 Å². The van der Waals surface area contributed by atoms with Gasteiger partial charge in [-0.05, 0) is 6.07 Å². The van der Waals surface area contributed by atoms with Gasteiger partial charge in [-0.25, -0.2) is 4.79 Å². The summed E-state index contributed by atoms with van der Waals surface area (Å²) in [5, 5.41) is 10.1. The second-order valence-corrected chi connectivity index (χ2v) is 4.42. The first kappa shape index (κ1) is 11.2. The van der Waals surface area contributed by atoms with E-state index >= 15 is 0 Å². The number of aromatic carboxylic acids is 1. The second-order valence-electron chi connectivity index (χ2n) is 4.04. The van der Waals surface area contributed by atoms with Crippen LogP contribution in [0.3, 0.4) is 0 Å². The van der Waals surface area contributed by atoms with Crippen molar-refractivity contribution in [2.24, 2.45) is 7.05 Å². The maximum absolute atomic E-state index is 11.1. The van der Waals surface area contributed by atoms with Gasteiger partial charge < -0.3 is 19.1 Å². The van der Waals surface area contributed by atoms with Gasteiger partial charge in [-0.2, -0.15) is 0 Å². The van der Waals surface area contributed by atoms with E-state index in [1.165, 1.54) is 6.07 Å². The number of aryl methyl sites for hydroxylation is 1. The van der Waals surface area contributed by atoms with Crippen LogP contribution in [-0.2, 0) is 7.05 Å². The minimum absolute atomic E-state index is 0.175. The van der Waals surface area contributed by atoms with Crippen molar-refractivity contribution in [3.05, 3.63) is 22.8 Å². The summed E-state index contributed by atoms with van der Waals surface area (Å²) in [7, 11) is 1.68. The third-order valence-corrected chi connectivity index (χ3v) is 3.39. The fourth-order valence-electron chi connectivity index (χ4n) is 2.13. The summed E-state index contributed by atoms with van der Waals surface area (Å²) in [4.78, 5) is 11.1. The number of fused-ring (bicyclic) bond motifs is 2. The molecule has 0 unspecified atom stereocenters. The summed E-state index contributed by atoms with van der Waals surface area (Å²) >= 11 is 6.24. The number of carboxylic acids is 1. The molecule has 0 spiro atoms. The van der Waals surface area contributed by atoms with E-state index in [-0.39, 0.29) is 5.69 Å². The van der Waals surface area contributed by atoms with E-state index in [0.717, 1.165) is 0 Å². The van der Waals surface area contributed by atoms with Crippen LogP contribution in [0.15, 0.2) is 12.1 Å². The second kappa shape index (κ2) is 3.81. The van der Waals surface area contributed by atoms with Crippen LogP contribution in [-0.4, -0.2) is 28.9 Å². The van der Waals surface area contributed by atoms with Crippen LogP contribution in [0.1, 0.15) is 10.5 Å². The molecule has 1 aromatic carbocycles. The molecule has 2 heterocycles. The van der Waals surface area contributed by atoms with Gasteiger partial charge in [0.25, 0.3) is 0 Å². The number of hydrogen-bond donors (Lipinski definition) is 1. The van der Waals surface area contributed by atoms with E-state index in [1.54, 1.807) is 17.7 Å². The lowest BCUT2D eigenvalue weighted by molar-refractivity contribution is 0.0687. The molecule has 0 aliphatic carbocycles. The predicted molar refractivity (Wildman–Crippen MR) is 65.9 cm³/mol. The number of benzene rings is 1. The van der Waals surface area contributed by atoms with Crippen LogP contribution in [0.2, 0.25) is 5.02 Å². The molecule has 0 saturated carbocycles. The summed E-state index contributed by atoms with van der Waals surface area (Å²) in [6, 6.07) is 3.29. The van der Waals surface area contributed by atoms with Crippen molar-refractivity contribution < 1.29 is 19.4 Å². The number of nitrogens with zero attached hydrogens (tertiary/aromatic N) is 1. The third-order valence-electron chi connectivity index (χ3n) is 3.01. The number of halogens is 1. The summed E-state index contributed by atoms with van der Waals surface area (Å²) in [5.74, 6) is 0.0411. The molecular formula is C12H10ClNO4. The van der Waals surface area contributed by atoms with E-state index < -0.39 is 5.97 Å². The lowest BCUT2D eigenvalue weighted by Gasteiger charge is -2.19. The Kier molecular flexibility index (Phi) is 2.38. The fourth-order valence-corrected chi connectivity index (χ4v) is 2.43. The first-order valence-electron chi connectivity index (χ1n) is 5.40. The number of carbonyl (C=O) groups is 1. The van der Waals surface area contributed by atoms with Crippen LogP contribution in [0.5, 0.6) is 11.5 Å². The lowest BCUT2D eigenvalue weighted by atomic mass is 10.2. The van der Waals surface area contributed by atoms with Gasteiger partial charge in [-0.3, -0.25) is 0 Å². The average Bonchev–Trinajstić information content (AvgIpc) is 2.68. The van der Waals surface area contributed by atoms with Gasteiger partial charge in [0.05, 0.1) is 10.5 Å². The molecule has 0 amide bonds. The summed E-state index contributed by atoms with van der Waals surface area (Å²) < 4.78 is 12.5. The van der Waals surface area contributed by atoms with Gasteiger partial charge in [0.1, 0.15) is 18.9 Å². The van der Waals surface area contributed by atoms with Gasteiger partial charge in [-0.15, -0.1) is 0 Å². The zero-order valence-corrected chi connectivity index (χ0v) is 10.3. The predicted octanol–water partition coefficient (Wildman–Crippen LogP) is 2.30. The molecule has 6 heteroatoms. The highest BCUT2D eigenvalue weighted by atomic mass is 35.5. The first-order chi connectivity index (χ1) is 8.59. The molecule has 0 radical (unpaired) electrons. The molecule has 0 fully saturated rings. The van der Waals surface area contributed by atoms with E-state index in [4.69, 9.17) is 26.2 Å². The molecule has 1 aromatic heterocycles. The van der Waals surface area contributed by atoms with Crippen LogP contribution >= 0.6 is 11.6 Å². The SMILES string of the molecule is Cn1c(C(=O)O)cc2c(Cl)c3c(cc21)OCCO3. The largest absolute Gasteiger partial charge is 0.486 e. The molecule has 2 aromatic rings. The van der Waals surface area contributed by atoms with Gasteiger partial charge in [-0.1, -0.05) is 11.6 Å². The van der Waals surface area contributed by atoms with Crippen LogP contribution in [0, 0.1) is 0 Å². The molecule has 1 aliphatic heterocycles. The lowest BCUT2D eigenvalue weighted by Crippen LogP contribution is -2.15. The van der Waals surface area contributed by atoms with Crippen LogP contribution in [0.25, 0.3) is 10.9 Å². The standard InChI is InChI=1S/C12H10ClNO4/c1-14-7-5-9-11(18-3-2-17-9)10(13)6(7)4-8(14)12(15)16/h4-5H,2-3H2,1H3,(H,15,16). The van der Waals surface area contributed by atoms with Crippen molar-refractivity contribution in [1.82, 2.24) is 4.57 Å². The minimum atomic E-state index is -0.996. The Labute approximate surface area is 107 Å². The monoisotopic (exact) mass is 267 g/mol. The normalized spacial score (nSPS) is 13.9. The molecule has 94 valence electrons. The molecule has 3 rings (SSSR count). The van der Waals surface area contributed by atoms with Crippen LogP contribution < -0.4 is 9.47 Å². The maximum Gasteiger partial charge on any atom is 0.352 e. The van der Waals surface area contributed by atoms with Crippen molar-refractivity contribution in [2.75, 3.05) is 13.2 Å². The molecule has 0 bridgehead atoms. The van der Waals surface area contributed by atoms with E-state index in [2.05, 4.69) is 0 Å². The number of hydrogen-bond acceptors (Lipinski definition) is 3. The van der Waals surface area contributed by atoms with Crippen molar-refractivity contribution in [3.8, 4) is 11.5 Å². The Bertz CT molecular complexity index is 662. The Morgan fingerprint density at radius 1 is 1.39 bits per heavy atom. The summed E-state index contributed by atoms with van der Waals surface area (Å²) in [6.45, 7) is 0.905. The highest BCUT2D eigenvalue weighted by Gasteiger charge is 2.22. The Morgan fingerprint density at radius 2 is 2.11 bits per heavy atom. The molecule has 0 saturated heterocycles. The molecule has 1 aliphatic rings. The minimum Gasteiger partial charge on any atom is -0.486 e. The van der Waals surface area contributed by atoms with Gasteiger partial charge in [0, 0.05) is 18.5 Å². The number of carboxylic acid groups (broad SMARTS) is 1. The van der Waals surface area contributed by atoms with Gasteiger partial charge in [0.2, 0.25) is 0 Å². The molecule has 18 heavy (non-hydrogen) atoms. The highest BCUT2D eigenvalue weighted by molar-refractivity contribution is 6.37. The number of ether oxygens (including phenoxy) is 2. The van der Waals surface area contributed by atoms with Crippen LogP contribution in [0.4, 0.5) is 0 Å². The molecule has 5 nitrogen and oxygen atoms in total. The molecule has 0 atom stereocenters. The number of rotatable bonds is 1. The van der Waals surface area contributed by atoms with E-state index in [9.17, 15) is 4.79 Å². The zero-order valence-electron chi connectivity index (χ0n) is 9.57. The molecular weight excluding hydrogens is 258 g/mol. The maximum atomic E-state index is 11.1.